The van der Waals surface area contributed by atoms with Gasteiger partial charge in [-0.1, -0.05) is 0 Å². The van der Waals surface area contributed by atoms with E-state index in [0.29, 0.717) is 30.9 Å². The standard InChI is InChI=1S/C18H20N2O4S/c1-3-24-15-7-5-14(6-8-15)19-25(22,23)16-9-10-17-13(12-16)4-11-18(21)20(17)2/h5-10,12,19H,3-4,11H2,1-2H3. The minimum Gasteiger partial charge on any atom is -0.494 e. The maximum absolute atomic E-state index is 12.6. The van der Waals surface area contributed by atoms with E-state index in [2.05, 4.69) is 4.72 Å². The molecule has 6 nitrogen and oxygen atoms in total. The zero-order chi connectivity index (χ0) is 18.0. The molecule has 0 unspecified atom stereocenters. The normalized spacial score (nSPS) is 14.2. The third-order valence-corrected chi connectivity index (χ3v) is 5.50. The summed E-state index contributed by atoms with van der Waals surface area (Å²) in [6, 6.07) is 11.6. The fourth-order valence-corrected chi connectivity index (χ4v) is 3.91. The first-order valence-electron chi connectivity index (χ1n) is 8.06. The van der Waals surface area contributed by atoms with E-state index in [-0.39, 0.29) is 10.8 Å². The molecule has 1 aliphatic heterocycles. The minimum atomic E-state index is -3.70. The van der Waals surface area contributed by atoms with Crippen LogP contribution >= 0.6 is 0 Å². The molecule has 0 saturated heterocycles. The van der Waals surface area contributed by atoms with Crippen molar-refractivity contribution in [2.24, 2.45) is 0 Å². The number of rotatable bonds is 5. The molecule has 0 saturated carbocycles. The zero-order valence-corrected chi connectivity index (χ0v) is 15.0. The second-order valence-corrected chi connectivity index (χ2v) is 7.49. The Morgan fingerprint density at radius 3 is 2.52 bits per heavy atom. The highest BCUT2D eigenvalue weighted by atomic mass is 32.2. The summed E-state index contributed by atoms with van der Waals surface area (Å²) < 4.78 is 33.2. The molecule has 0 bridgehead atoms. The number of anilines is 2. The van der Waals surface area contributed by atoms with Gasteiger partial charge in [-0.3, -0.25) is 9.52 Å². The fraction of sp³-hybridized carbons (Fsp3) is 0.278. The highest BCUT2D eigenvalue weighted by Gasteiger charge is 2.23. The zero-order valence-electron chi connectivity index (χ0n) is 14.2. The lowest BCUT2D eigenvalue weighted by molar-refractivity contribution is -0.118. The van der Waals surface area contributed by atoms with Gasteiger partial charge in [0, 0.05) is 24.8 Å². The average molecular weight is 360 g/mol. The molecule has 1 N–H and O–H groups in total. The Morgan fingerprint density at radius 1 is 1.12 bits per heavy atom. The number of amides is 1. The molecule has 0 atom stereocenters. The number of carbonyl (C=O) groups is 1. The molecule has 0 aromatic heterocycles. The smallest absolute Gasteiger partial charge is 0.261 e. The molecule has 7 heteroatoms. The molecule has 0 fully saturated rings. The van der Waals surface area contributed by atoms with Gasteiger partial charge in [-0.05, 0) is 61.4 Å². The fourth-order valence-electron chi connectivity index (χ4n) is 2.80. The SMILES string of the molecule is CCOc1ccc(NS(=O)(=O)c2ccc3c(c2)CCC(=O)N3C)cc1. The van der Waals surface area contributed by atoms with Crippen molar-refractivity contribution >= 4 is 27.3 Å². The predicted octanol–water partition coefficient (Wildman–Crippen LogP) is 2.80. The van der Waals surface area contributed by atoms with Crippen LogP contribution in [0.4, 0.5) is 11.4 Å². The van der Waals surface area contributed by atoms with E-state index in [9.17, 15) is 13.2 Å². The van der Waals surface area contributed by atoms with Gasteiger partial charge in [0.15, 0.2) is 0 Å². The van der Waals surface area contributed by atoms with Gasteiger partial charge in [0.25, 0.3) is 10.0 Å². The van der Waals surface area contributed by atoms with Crippen LogP contribution in [0.1, 0.15) is 18.9 Å². The first-order valence-corrected chi connectivity index (χ1v) is 9.54. The van der Waals surface area contributed by atoms with Crippen molar-refractivity contribution in [2.75, 3.05) is 23.3 Å². The summed E-state index contributed by atoms with van der Waals surface area (Å²) in [5, 5.41) is 0. The van der Waals surface area contributed by atoms with Crippen LogP contribution in [0.5, 0.6) is 5.75 Å². The molecule has 2 aromatic rings. The molecule has 3 rings (SSSR count). The number of fused-ring (bicyclic) bond motifs is 1. The lowest BCUT2D eigenvalue weighted by Crippen LogP contribution is -2.31. The molecular formula is C18H20N2O4S. The average Bonchev–Trinajstić information content (AvgIpc) is 2.60. The van der Waals surface area contributed by atoms with Crippen molar-refractivity contribution in [2.45, 2.75) is 24.7 Å². The van der Waals surface area contributed by atoms with Gasteiger partial charge >= 0.3 is 0 Å². The summed E-state index contributed by atoms with van der Waals surface area (Å²) in [6.07, 6.45) is 0.935. The number of aryl methyl sites for hydroxylation is 1. The van der Waals surface area contributed by atoms with E-state index < -0.39 is 10.0 Å². The van der Waals surface area contributed by atoms with Crippen LogP contribution < -0.4 is 14.4 Å². The molecule has 0 spiro atoms. The Labute approximate surface area is 147 Å². The van der Waals surface area contributed by atoms with Gasteiger partial charge in [-0.15, -0.1) is 0 Å². The van der Waals surface area contributed by atoms with Gasteiger partial charge in [0.1, 0.15) is 5.75 Å². The van der Waals surface area contributed by atoms with Crippen LogP contribution in [0.3, 0.4) is 0 Å². The number of benzene rings is 2. The summed E-state index contributed by atoms with van der Waals surface area (Å²) in [4.78, 5) is 13.5. The van der Waals surface area contributed by atoms with Crippen molar-refractivity contribution in [1.82, 2.24) is 0 Å². The van der Waals surface area contributed by atoms with Crippen LogP contribution in [0, 0.1) is 0 Å². The molecule has 0 radical (unpaired) electrons. The molecule has 2 aromatic carbocycles. The summed E-state index contributed by atoms with van der Waals surface area (Å²) in [5.41, 5.74) is 2.08. The topological polar surface area (TPSA) is 75.7 Å². The maximum Gasteiger partial charge on any atom is 0.261 e. The third-order valence-electron chi connectivity index (χ3n) is 4.12. The van der Waals surface area contributed by atoms with E-state index in [1.54, 1.807) is 48.3 Å². The number of ether oxygens (including phenoxy) is 1. The third kappa shape index (κ3) is 3.61. The molecule has 25 heavy (non-hydrogen) atoms. The molecule has 1 heterocycles. The van der Waals surface area contributed by atoms with E-state index in [0.717, 1.165) is 11.3 Å². The Kier molecular flexibility index (Phi) is 4.67. The number of carbonyl (C=O) groups excluding carboxylic acids is 1. The van der Waals surface area contributed by atoms with Gasteiger partial charge in [0.05, 0.1) is 11.5 Å². The van der Waals surface area contributed by atoms with Crippen LogP contribution in [0.2, 0.25) is 0 Å². The number of sulfonamides is 1. The second kappa shape index (κ2) is 6.76. The van der Waals surface area contributed by atoms with Crippen molar-refractivity contribution in [3.8, 4) is 5.75 Å². The first kappa shape index (κ1) is 17.3. The Hall–Kier alpha value is -2.54. The summed E-state index contributed by atoms with van der Waals surface area (Å²) >= 11 is 0. The Bertz CT molecular complexity index is 892. The van der Waals surface area contributed by atoms with Crippen LogP contribution in [-0.2, 0) is 21.2 Å². The van der Waals surface area contributed by atoms with Crippen LogP contribution in [0.15, 0.2) is 47.4 Å². The quantitative estimate of drug-likeness (QED) is 0.890. The van der Waals surface area contributed by atoms with E-state index in [4.69, 9.17) is 4.74 Å². The summed E-state index contributed by atoms with van der Waals surface area (Å²) in [6.45, 7) is 2.44. The monoisotopic (exact) mass is 360 g/mol. The van der Waals surface area contributed by atoms with Gasteiger partial charge in [-0.2, -0.15) is 0 Å². The van der Waals surface area contributed by atoms with Crippen LogP contribution in [0.25, 0.3) is 0 Å². The Balaban J connectivity index is 1.84. The largest absolute Gasteiger partial charge is 0.494 e. The first-order chi connectivity index (χ1) is 11.9. The molecule has 1 aliphatic rings. The highest BCUT2D eigenvalue weighted by molar-refractivity contribution is 7.92. The van der Waals surface area contributed by atoms with E-state index >= 15 is 0 Å². The lowest BCUT2D eigenvalue weighted by Gasteiger charge is -2.26. The number of nitrogens with zero attached hydrogens (tertiary/aromatic N) is 1. The van der Waals surface area contributed by atoms with Gasteiger partial charge < -0.3 is 9.64 Å². The van der Waals surface area contributed by atoms with E-state index in [1.165, 1.54) is 6.07 Å². The molecule has 132 valence electrons. The van der Waals surface area contributed by atoms with Gasteiger partial charge in [-0.25, -0.2) is 8.42 Å². The van der Waals surface area contributed by atoms with E-state index in [1.807, 2.05) is 6.92 Å². The van der Waals surface area contributed by atoms with Crippen molar-refractivity contribution < 1.29 is 17.9 Å². The van der Waals surface area contributed by atoms with Crippen molar-refractivity contribution in [3.05, 3.63) is 48.0 Å². The molecule has 0 aliphatic carbocycles. The second-order valence-electron chi connectivity index (χ2n) is 5.81. The van der Waals surface area contributed by atoms with Crippen molar-refractivity contribution in [1.29, 1.82) is 0 Å². The molecule has 1 amide bonds. The predicted molar refractivity (Wildman–Crippen MR) is 96.6 cm³/mol. The van der Waals surface area contributed by atoms with Crippen LogP contribution in [-0.4, -0.2) is 28.0 Å². The lowest BCUT2D eigenvalue weighted by atomic mass is 10.0. The van der Waals surface area contributed by atoms with Crippen molar-refractivity contribution in [3.63, 3.8) is 0 Å². The molecular weight excluding hydrogens is 340 g/mol. The summed E-state index contributed by atoms with van der Waals surface area (Å²) in [5.74, 6) is 0.725. The number of hydrogen-bond donors (Lipinski definition) is 1. The number of nitrogens with one attached hydrogen (secondary N) is 1. The summed E-state index contributed by atoms with van der Waals surface area (Å²) in [7, 11) is -2.00. The maximum atomic E-state index is 12.6. The Morgan fingerprint density at radius 2 is 1.84 bits per heavy atom. The van der Waals surface area contributed by atoms with Gasteiger partial charge in [0.2, 0.25) is 5.91 Å². The number of hydrogen-bond acceptors (Lipinski definition) is 4. The highest BCUT2D eigenvalue weighted by Crippen LogP contribution is 2.29. The minimum absolute atomic E-state index is 0.0376.